The summed E-state index contributed by atoms with van der Waals surface area (Å²) in [7, 11) is 0. The van der Waals surface area contributed by atoms with Crippen molar-refractivity contribution in [2.75, 3.05) is 5.32 Å². The van der Waals surface area contributed by atoms with Gasteiger partial charge in [-0.1, -0.05) is 33.1 Å². The van der Waals surface area contributed by atoms with Gasteiger partial charge < -0.3 is 15.0 Å². The number of hydrogen-bond donors (Lipinski definition) is 2. The third kappa shape index (κ3) is 6.61. The minimum atomic E-state index is -4.81. The van der Waals surface area contributed by atoms with Crippen molar-refractivity contribution in [1.82, 2.24) is 14.8 Å². The van der Waals surface area contributed by atoms with Crippen LogP contribution >= 0.6 is 0 Å². The SMILES string of the molecule is CC.O=C(Nc1ccc(OC(F)(F)F)cc1)c1c(-c2cnn(C3CC3)c2)cc(C2CCCCC2)[nH]c1=O. The van der Waals surface area contributed by atoms with Gasteiger partial charge in [-0.2, -0.15) is 5.10 Å². The molecule has 0 spiro atoms. The number of carbonyl (C=O) groups is 1. The molecule has 5 rings (SSSR count). The van der Waals surface area contributed by atoms with Crippen LogP contribution in [-0.4, -0.2) is 27.0 Å². The number of H-pyrrole nitrogens is 1. The lowest BCUT2D eigenvalue weighted by Gasteiger charge is -2.22. The van der Waals surface area contributed by atoms with E-state index in [4.69, 9.17) is 0 Å². The van der Waals surface area contributed by atoms with E-state index in [2.05, 4.69) is 20.1 Å². The maximum absolute atomic E-state index is 13.2. The molecule has 2 saturated carbocycles. The number of amides is 1. The number of nitrogens with one attached hydrogen (secondary N) is 2. The van der Waals surface area contributed by atoms with E-state index in [9.17, 15) is 22.8 Å². The highest BCUT2D eigenvalue weighted by Gasteiger charge is 2.31. The van der Waals surface area contributed by atoms with Crippen molar-refractivity contribution in [3.63, 3.8) is 0 Å². The summed E-state index contributed by atoms with van der Waals surface area (Å²) in [5.41, 5.74) is 1.66. The van der Waals surface area contributed by atoms with E-state index in [1.807, 2.05) is 30.8 Å². The minimum absolute atomic E-state index is 0.0597. The second kappa shape index (κ2) is 11.2. The van der Waals surface area contributed by atoms with Crippen molar-refractivity contribution >= 4 is 11.6 Å². The minimum Gasteiger partial charge on any atom is -0.406 e. The quantitative estimate of drug-likeness (QED) is 0.377. The van der Waals surface area contributed by atoms with Gasteiger partial charge in [0.25, 0.3) is 11.5 Å². The van der Waals surface area contributed by atoms with Gasteiger partial charge in [0.2, 0.25) is 0 Å². The fourth-order valence-electron chi connectivity index (χ4n) is 4.62. The Hall–Kier alpha value is -3.56. The summed E-state index contributed by atoms with van der Waals surface area (Å²) in [5.74, 6) is -0.828. The summed E-state index contributed by atoms with van der Waals surface area (Å²) >= 11 is 0. The van der Waals surface area contributed by atoms with E-state index in [1.54, 1.807) is 6.20 Å². The van der Waals surface area contributed by atoms with E-state index < -0.39 is 23.6 Å². The van der Waals surface area contributed by atoms with E-state index in [0.29, 0.717) is 17.2 Å². The third-order valence-corrected chi connectivity index (χ3v) is 6.51. The number of nitrogens with zero attached hydrogens (tertiary/aromatic N) is 2. The molecule has 3 aromatic rings. The lowest BCUT2D eigenvalue weighted by molar-refractivity contribution is -0.274. The average molecular weight is 517 g/mol. The van der Waals surface area contributed by atoms with Crippen LogP contribution in [-0.2, 0) is 0 Å². The zero-order valence-corrected chi connectivity index (χ0v) is 20.9. The van der Waals surface area contributed by atoms with Crippen LogP contribution in [0.2, 0.25) is 0 Å². The Balaban J connectivity index is 0.00000156. The molecule has 0 saturated heterocycles. The van der Waals surface area contributed by atoms with E-state index in [0.717, 1.165) is 56.4 Å². The average Bonchev–Trinajstić information content (AvgIpc) is 3.62. The van der Waals surface area contributed by atoms with Gasteiger partial charge in [0.15, 0.2) is 0 Å². The molecule has 10 heteroatoms. The molecule has 1 amide bonds. The monoisotopic (exact) mass is 516 g/mol. The number of benzene rings is 1. The van der Waals surface area contributed by atoms with Gasteiger partial charge in [-0.05, 0) is 61.9 Å². The number of aromatic nitrogens is 3. The summed E-state index contributed by atoms with van der Waals surface area (Å²) in [6.07, 6.45) is 6.14. The summed E-state index contributed by atoms with van der Waals surface area (Å²) in [6, 6.07) is 6.99. The number of anilines is 1. The first-order chi connectivity index (χ1) is 17.8. The fourth-order valence-corrected chi connectivity index (χ4v) is 4.62. The number of hydrogen-bond acceptors (Lipinski definition) is 4. The summed E-state index contributed by atoms with van der Waals surface area (Å²) in [5, 5.41) is 7.03. The number of alkyl halides is 3. The highest BCUT2D eigenvalue weighted by atomic mass is 19.4. The van der Waals surface area contributed by atoms with E-state index in [1.165, 1.54) is 18.6 Å². The van der Waals surface area contributed by atoms with Crippen LogP contribution in [0.3, 0.4) is 0 Å². The smallest absolute Gasteiger partial charge is 0.406 e. The topological polar surface area (TPSA) is 89.0 Å². The first-order valence-electron chi connectivity index (χ1n) is 12.8. The van der Waals surface area contributed by atoms with Gasteiger partial charge in [-0.3, -0.25) is 14.3 Å². The van der Waals surface area contributed by atoms with Crippen LogP contribution in [0.15, 0.2) is 47.5 Å². The Labute approximate surface area is 213 Å². The molecular formula is C27H31F3N4O3. The van der Waals surface area contributed by atoms with E-state index in [-0.39, 0.29) is 17.2 Å². The number of aromatic amines is 1. The Morgan fingerprint density at radius 3 is 2.38 bits per heavy atom. The molecule has 2 fully saturated rings. The lowest BCUT2D eigenvalue weighted by Crippen LogP contribution is -2.26. The number of rotatable bonds is 6. The standard InChI is InChI=1S/C25H25F3N4O3.C2H6/c26-25(27,28)35-19-10-6-17(7-11-19)30-23(33)22-20(16-13-29-32(14-16)18-8-9-18)12-21(31-24(22)34)15-4-2-1-3-5-15;1-2/h6-7,10-15,18H,1-5,8-9H2,(H,30,33)(H,31,34);1-2H3. The molecule has 2 aliphatic carbocycles. The van der Waals surface area contributed by atoms with Crippen molar-refractivity contribution in [3.05, 3.63) is 64.3 Å². The molecule has 0 unspecified atom stereocenters. The van der Waals surface area contributed by atoms with Crippen molar-refractivity contribution in [3.8, 4) is 16.9 Å². The number of halogens is 3. The van der Waals surface area contributed by atoms with Crippen LogP contribution in [0.5, 0.6) is 5.75 Å². The summed E-state index contributed by atoms with van der Waals surface area (Å²) < 4.78 is 42.9. The predicted octanol–water partition coefficient (Wildman–Crippen LogP) is 6.80. The Kier molecular flexibility index (Phi) is 8.04. The lowest BCUT2D eigenvalue weighted by atomic mass is 9.85. The largest absolute Gasteiger partial charge is 0.573 e. The molecule has 0 atom stereocenters. The molecule has 0 bridgehead atoms. The van der Waals surface area contributed by atoms with E-state index >= 15 is 0 Å². The number of ether oxygens (including phenoxy) is 1. The van der Waals surface area contributed by atoms with Crippen LogP contribution in [0.25, 0.3) is 11.1 Å². The highest BCUT2D eigenvalue weighted by molar-refractivity contribution is 6.08. The van der Waals surface area contributed by atoms with Crippen LogP contribution in [0, 0.1) is 0 Å². The van der Waals surface area contributed by atoms with Crippen molar-refractivity contribution in [1.29, 1.82) is 0 Å². The maximum Gasteiger partial charge on any atom is 0.573 e. The first kappa shape index (κ1) is 26.5. The first-order valence-corrected chi connectivity index (χ1v) is 12.8. The zero-order chi connectivity index (χ0) is 26.6. The second-order valence-corrected chi connectivity index (χ2v) is 9.14. The zero-order valence-electron chi connectivity index (χ0n) is 20.9. The number of pyridine rings is 1. The third-order valence-electron chi connectivity index (χ3n) is 6.51. The van der Waals surface area contributed by atoms with Gasteiger partial charge in [0.1, 0.15) is 11.3 Å². The van der Waals surface area contributed by atoms with Gasteiger partial charge in [0.05, 0.1) is 12.2 Å². The molecule has 0 radical (unpaired) electrons. The second-order valence-electron chi connectivity index (χ2n) is 9.14. The molecule has 7 nitrogen and oxygen atoms in total. The van der Waals surface area contributed by atoms with Gasteiger partial charge in [-0.25, -0.2) is 0 Å². The van der Waals surface area contributed by atoms with Crippen molar-refractivity contribution in [2.24, 2.45) is 0 Å². The molecule has 2 aliphatic rings. The molecule has 0 aliphatic heterocycles. The molecule has 2 heterocycles. The van der Waals surface area contributed by atoms with Crippen LogP contribution in [0.1, 0.15) is 86.8 Å². The Morgan fingerprint density at radius 2 is 1.76 bits per heavy atom. The molecule has 2 N–H and O–H groups in total. The van der Waals surface area contributed by atoms with Crippen molar-refractivity contribution < 1.29 is 22.7 Å². The number of carbonyl (C=O) groups excluding carboxylic acids is 1. The normalized spacial score (nSPS) is 16.0. The fraction of sp³-hybridized carbons (Fsp3) is 0.444. The van der Waals surface area contributed by atoms with Crippen LogP contribution in [0.4, 0.5) is 18.9 Å². The Bertz CT molecular complexity index is 1270. The van der Waals surface area contributed by atoms with Gasteiger partial charge >= 0.3 is 6.36 Å². The van der Waals surface area contributed by atoms with Crippen LogP contribution < -0.4 is 15.6 Å². The molecule has 198 valence electrons. The predicted molar refractivity (Wildman–Crippen MR) is 135 cm³/mol. The highest BCUT2D eigenvalue weighted by Crippen LogP contribution is 2.37. The molecular weight excluding hydrogens is 485 g/mol. The maximum atomic E-state index is 13.2. The molecule has 37 heavy (non-hydrogen) atoms. The molecule has 1 aromatic carbocycles. The van der Waals surface area contributed by atoms with Crippen molar-refractivity contribution in [2.45, 2.75) is 77.1 Å². The van der Waals surface area contributed by atoms with Gasteiger partial charge in [-0.15, -0.1) is 13.2 Å². The summed E-state index contributed by atoms with van der Waals surface area (Å²) in [4.78, 5) is 29.3. The summed E-state index contributed by atoms with van der Waals surface area (Å²) in [6.45, 7) is 4.00. The molecule has 2 aromatic heterocycles. The van der Waals surface area contributed by atoms with Gasteiger partial charge in [0, 0.05) is 28.7 Å². The Morgan fingerprint density at radius 1 is 1.08 bits per heavy atom.